The Labute approximate surface area is 110 Å². The van der Waals surface area contributed by atoms with Gasteiger partial charge in [0.1, 0.15) is 5.75 Å². The molecule has 0 heterocycles. The molecule has 1 aromatic rings. The number of ketones is 1. The Morgan fingerprint density at radius 3 is 2.33 bits per heavy atom. The third-order valence-electron chi connectivity index (χ3n) is 2.79. The van der Waals surface area contributed by atoms with E-state index in [2.05, 4.69) is 20.8 Å². The van der Waals surface area contributed by atoms with Crippen molar-refractivity contribution in [3.05, 3.63) is 29.3 Å². The second-order valence-corrected chi connectivity index (χ2v) is 5.90. The van der Waals surface area contributed by atoms with Crippen LogP contribution in [0.5, 0.6) is 5.75 Å². The maximum Gasteiger partial charge on any atom is 0.162 e. The summed E-state index contributed by atoms with van der Waals surface area (Å²) in [6.45, 7) is 12.3. The van der Waals surface area contributed by atoms with Gasteiger partial charge in [-0.05, 0) is 37.5 Å². The molecule has 0 aliphatic carbocycles. The second-order valence-electron chi connectivity index (χ2n) is 5.90. The van der Waals surface area contributed by atoms with Gasteiger partial charge in [0.2, 0.25) is 0 Å². The highest BCUT2D eigenvalue weighted by Gasteiger charge is 2.21. The topological polar surface area (TPSA) is 26.3 Å². The molecule has 0 fully saturated rings. The van der Waals surface area contributed by atoms with Crippen molar-refractivity contribution in [2.75, 3.05) is 0 Å². The largest absolute Gasteiger partial charge is 0.491 e. The fraction of sp³-hybridized carbons (Fsp3) is 0.562. The zero-order chi connectivity index (χ0) is 13.9. The first-order chi connectivity index (χ1) is 8.25. The van der Waals surface area contributed by atoms with Crippen LogP contribution in [0.4, 0.5) is 0 Å². The number of hydrogen-bond acceptors (Lipinski definition) is 2. The molecule has 0 aliphatic rings. The fourth-order valence-electron chi connectivity index (χ4n) is 1.85. The van der Waals surface area contributed by atoms with Crippen molar-refractivity contribution in [2.45, 2.75) is 59.5 Å². The zero-order valence-corrected chi connectivity index (χ0v) is 12.3. The molecule has 0 N–H and O–H groups in total. The molecule has 0 aliphatic heterocycles. The summed E-state index contributed by atoms with van der Waals surface area (Å²) in [6.07, 6.45) is 0.673. The Balaban J connectivity index is 3.25. The maximum atomic E-state index is 11.8. The zero-order valence-electron chi connectivity index (χ0n) is 12.3. The van der Waals surface area contributed by atoms with E-state index in [1.165, 1.54) is 0 Å². The SMILES string of the molecule is CCC(=O)c1ccc(OC(C)C)c(C(C)(C)C)c1. The number of rotatable bonds is 4. The molecule has 0 amide bonds. The van der Waals surface area contributed by atoms with Crippen LogP contribution in [0.3, 0.4) is 0 Å². The Kier molecular flexibility index (Phi) is 4.55. The highest BCUT2D eigenvalue weighted by atomic mass is 16.5. The molecule has 0 bridgehead atoms. The van der Waals surface area contributed by atoms with Gasteiger partial charge in [0, 0.05) is 17.5 Å². The van der Waals surface area contributed by atoms with Crippen LogP contribution in [0.1, 0.15) is 63.9 Å². The molecule has 0 saturated carbocycles. The molecule has 0 aromatic heterocycles. The van der Waals surface area contributed by atoms with Crippen molar-refractivity contribution in [1.82, 2.24) is 0 Å². The van der Waals surface area contributed by atoms with Gasteiger partial charge >= 0.3 is 0 Å². The van der Waals surface area contributed by atoms with E-state index in [9.17, 15) is 4.79 Å². The van der Waals surface area contributed by atoms with Crippen LogP contribution < -0.4 is 4.74 Å². The lowest BCUT2D eigenvalue weighted by molar-refractivity contribution is 0.0988. The van der Waals surface area contributed by atoms with E-state index < -0.39 is 0 Å². The minimum atomic E-state index is -0.0335. The Bertz CT molecular complexity index is 425. The van der Waals surface area contributed by atoms with Crippen LogP contribution in [-0.2, 0) is 5.41 Å². The molecular weight excluding hydrogens is 224 g/mol. The van der Waals surface area contributed by atoms with Gasteiger partial charge in [0.05, 0.1) is 6.10 Å². The van der Waals surface area contributed by atoms with E-state index >= 15 is 0 Å². The maximum absolute atomic E-state index is 11.8. The highest BCUT2D eigenvalue weighted by Crippen LogP contribution is 2.33. The van der Waals surface area contributed by atoms with Gasteiger partial charge in [-0.3, -0.25) is 4.79 Å². The summed E-state index contributed by atoms with van der Waals surface area (Å²) in [5, 5.41) is 0. The molecule has 0 saturated heterocycles. The van der Waals surface area contributed by atoms with Gasteiger partial charge in [-0.15, -0.1) is 0 Å². The molecule has 2 nitrogen and oxygen atoms in total. The Morgan fingerprint density at radius 2 is 1.89 bits per heavy atom. The van der Waals surface area contributed by atoms with Crippen LogP contribution in [0, 0.1) is 0 Å². The summed E-state index contributed by atoms with van der Waals surface area (Å²) >= 11 is 0. The summed E-state index contributed by atoms with van der Waals surface area (Å²) in [6, 6.07) is 5.76. The minimum absolute atomic E-state index is 0.0335. The average molecular weight is 248 g/mol. The summed E-state index contributed by atoms with van der Waals surface area (Å²) in [5.41, 5.74) is 1.84. The molecule has 0 atom stereocenters. The van der Waals surface area contributed by atoms with Crippen molar-refractivity contribution in [2.24, 2.45) is 0 Å². The molecule has 0 spiro atoms. The fourth-order valence-corrected chi connectivity index (χ4v) is 1.85. The average Bonchev–Trinajstić information content (AvgIpc) is 2.26. The third-order valence-corrected chi connectivity index (χ3v) is 2.79. The first-order valence-corrected chi connectivity index (χ1v) is 6.60. The van der Waals surface area contributed by atoms with Crippen LogP contribution >= 0.6 is 0 Å². The van der Waals surface area contributed by atoms with Gasteiger partial charge in [-0.1, -0.05) is 27.7 Å². The first-order valence-electron chi connectivity index (χ1n) is 6.60. The lowest BCUT2D eigenvalue weighted by atomic mass is 9.85. The normalized spacial score (nSPS) is 11.7. The van der Waals surface area contributed by atoms with Crippen LogP contribution in [0.25, 0.3) is 0 Å². The minimum Gasteiger partial charge on any atom is -0.491 e. The second kappa shape index (κ2) is 5.55. The van der Waals surface area contributed by atoms with Gasteiger partial charge < -0.3 is 4.74 Å². The number of ether oxygens (including phenoxy) is 1. The molecule has 1 rings (SSSR count). The molecular formula is C16H24O2. The molecule has 1 aromatic carbocycles. The van der Waals surface area contributed by atoms with E-state index in [1.807, 2.05) is 39.0 Å². The van der Waals surface area contributed by atoms with Crippen molar-refractivity contribution in [3.8, 4) is 5.75 Å². The number of carbonyl (C=O) groups is 1. The van der Waals surface area contributed by atoms with Crippen LogP contribution in [0.2, 0.25) is 0 Å². The molecule has 2 heteroatoms. The Hall–Kier alpha value is -1.31. The molecule has 0 unspecified atom stereocenters. The summed E-state index contributed by atoms with van der Waals surface area (Å²) in [7, 11) is 0. The predicted octanol–water partition coefficient (Wildman–Crippen LogP) is 4.36. The first kappa shape index (κ1) is 14.7. The van der Waals surface area contributed by atoms with Gasteiger partial charge in [-0.2, -0.15) is 0 Å². The van der Waals surface area contributed by atoms with E-state index in [-0.39, 0.29) is 17.3 Å². The summed E-state index contributed by atoms with van der Waals surface area (Å²) in [5.74, 6) is 1.06. The van der Waals surface area contributed by atoms with E-state index in [4.69, 9.17) is 4.74 Å². The van der Waals surface area contributed by atoms with E-state index in [1.54, 1.807) is 0 Å². The summed E-state index contributed by atoms with van der Waals surface area (Å²) in [4.78, 5) is 11.8. The quantitative estimate of drug-likeness (QED) is 0.740. The third kappa shape index (κ3) is 3.59. The lowest BCUT2D eigenvalue weighted by Gasteiger charge is -2.24. The standard InChI is InChI=1S/C16H24O2/c1-7-14(17)12-8-9-15(18-11(2)3)13(10-12)16(4,5)6/h8-11H,7H2,1-6H3. The van der Waals surface area contributed by atoms with Crippen molar-refractivity contribution < 1.29 is 9.53 Å². The van der Waals surface area contributed by atoms with E-state index in [0.717, 1.165) is 16.9 Å². The predicted molar refractivity (Wildman–Crippen MR) is 75.5 cm³/mol. The Morgan fingerprint density at radius 1 is 1.28 bits per heavy atom. The summed E-state index contributed by atoms with van der Waals surface area (Å²) < 4.78 is 5.83. The van der Waals surface area contributed by atoms with Gasteiger partial charge in [0.15, 0.2) is 5.78 Å². The number of hydrogen-bond donors (Lipinski definition) is 0. The molecule has 100 valence electrons. The van der Waals surface area contributed by atoms with Crippen LogP contribution in [0.15, 0.2) is 18.2 Å². The van der Waals surface area contributed by atoms with Crippen LogP contribution in [-0.4, -0.2) is 11.9 Å². The smallest absolute Gasteiger partial charge is 0.162 e. The van der Waals surface area contributed by atoms with Crippen molar-refractivity contribution in [3.63, 3.8) is 0 Å². The van der Waals surface area contributed by atoms with Gasteiger partial charge in [0.25, 0.3) is 0 Å². The monoisotopic (exact) mass is 248 g/mol. The number of carbonyl (C=O) groups excluding carboxylic acids is 1. The highest BCUT2D eigenvalue weighted by molar-refractivity contribution is 5.96. The lowest BCUT2D eigenvalue weighted by Crippen LogP contribution is -2.17. The van der Waals surface area contributed by atoms with Gasteiger partial charge in [-0.25, -0.2) is 0 Å². The van der Waals surface area contributed by atoms with Crippen molar-refractivity contribution in [1.29, 1.82) is 0 Å². The van der Waals surface area contributed by atoms with Crippen molar-refractivity contribution >= 4 is 5.78 Å². The molecule has 18 heavy (non-hydrogen) atoms. The molecule has 0 radical (unpaired) electrons. The van der Waals surface area contributed by atoms with E-state index in [0.29, 0.717) is 6.42 Å². The number of benzene rings is 1. The number of Topliss-reactive ketones (excluding diaryl/α,β-unsaturated/α-hetero) is 1.